The summed E-state index contributed by atoms with van der Waals surface area (Å²) in [6, 6.07) is 22.3. The molecule has 34 heavy (non-hydrogen) atoms. The molecule has 0 aliphatic carbocycles. The van der Waals surface area contributed by atoms with Gasteiger partial charge in [-0.05, 0) is 28.8 Å². The molecular formula is C27H27N5O2. The lowest BCUT2D eigenvalue weighted by Gasteiger charge is -2.28. The quantitative estimate of drug-likeness (QED) is 0.455. The number of aromatic nitrogens is 3. The second kappa shape index (κ2) is 10.3. The monoisotopic (exact) mass is 453 g/mol. The van der Waals surface area contributed by atoms with Crippen molar-refractivity contribution in [3.8, 4) is 11.1 Å². The molecule has 7 nitrogen and oxygen atoms in total. The number of morpholine rings is 1. The molecule has 4 aromatic rings. The molecule has 0 unspecified atom stereocenters. The number of carbonyl (C=O) groups is 1. The van der Waals surface area contributed by atoms with Crippen molar-refractivity contribution >= 4 is 11.7 Å². The van der Waals surface area contributed by atoms with Crippen molar-refractivity contribution in [2.75, 3.05) is 31.2 Å². The number of rotatable bonds is 7. The molecular weight excluding hydrogens is 426 g/mol. The van der Waals surface area contributed by atoms with Crippen molar-refractivity contribution in [1.82, 2.24) is 19.9 Å². The zero-order chi connectivity index (χ0) is 23.2. The van der Waals surface area contributed by atoms with E-state index in [1.54, 1.807) is 18.7 Å². The van der Waals surface area contributed by atoms with Gasteiger partial charge in [-0.15, -0.1) is 0 Å². The lowest BCUT2D eigenvalue weighted by atomic mass is 9.99. The van der Waals surface area contributed by atoms with Crippen LogP contribution in [-0.2, 0) is 17.8 Å². The molecule has 1 amide bonds. The van der Waals surface area contributed by atoms with E-state index in [2.05, 4.69) is 44.1 Å². The van der Waals surface area contributed by atoms with Gasteiger partial charge in [-0.1, -0.05) is 54.6 Å². The van der Waals surface area contributed by atoms with E-state index >= 15 is 0 Å². The van der Waals surface area contributed by atoms with Crippen molar-refractivity contribution in [3.63, 3.8) is 0 Å². The summed E-state index contributed by atoms with van der Waals surface area (Å²) in [5.41, 5.74) is 4.77. The maximum atomic E-state index is 13.6. The Morgan fingerprint density at radius 3 is 2.47 bits per heavy atom. The number of pyridine rings is 1. The number of carbonyl (C=O) groups excluding carboxylic acids is 1. The molecule has 5 rings (SSSR count). The Bertz CT molecular complexity index is 1200. The predicted molar refractivity (Wildman–Crippen MR) is 131 cm³/mol. The van der Waals surface area contributed by atoms with Crippen LogP contribution >= 0.6 is 0 Å². The van der Waals surface area contributed by atoms with Gasteiger partial charge in [0.2, 0.25) is 0 Å². The Morgan fingerprint density at radius 2 is 1.74 bits per heavy atom. The molecule has 2 aromatic carbocycles. The number of anilines is 1. The largest absolute Gasteiger partial charge is 0.378 e. The smallest absolute Gasteiger partial charge is 0.256 e. The first kappa shape index (κ1) is 21.9. The van der Waals surface area contributed by atoms with Crippen LogP contribution in [0.15, 0.2) is 85.5 Å². The van der Waals surface area contributed by atoms with Crippen molar-refractivity contribution in [1.29, 1.82) is 0 Å². The molecule has 3 heterocycles. The second-order valence-electron chi connectivity index (χ2n) is 8.27. The summed E-state index contributed by atoms with van der Waals surface area (Å²) in [4.78, 5) is 29.5. The van der Waals surface area contributed by atoms with E-state index in [4.69, 9.17) is 4.74 Å². The van der Waals surface area contributed by atoms with Crippen LogP contribution in [0.3, 0.4) is 0 Å². The number of aromatic amines is 1. The summed E-state index contributed by atoms with van der Waals surface area (Å²) < 4.78 is 5.42. The summed E-state index contributed by atoms with van der Waals surface area (Å²) in [6.45, 7) is 3.90. The SMILES string of the molecule is O=C(c1ccc(N2CCOCC2)nc1)N(Cc1cnc[nH]1)Cc1ccccc1-c1ccccc1. The predicted octanol–water partition coefficient (Wildman–Crippen LogP) is 4.15. The molecule has 0 bridgehead atoms. The Labute approximate surface area is 199 Å². The molecule has 1 saturated heterocycles. The van der Waals surface area contributed by atoms with Gasteiger partial charge in [0, 0.05) is 32.0 Å². The standard InChI is InChI=1S/C27H27N5O2/c33-27(22-10-11-26(29-16-22)31-12-14-34-15-13-31)32(19-24-17-28-20-30-24)18-23-8-4-5-9-25(23)21-6-2-1-3-7-21/h1-11,16-17,20H,12-15,18-19H2,(H,28,30). The van der Waals surface area contributed by atoms with Gasteiger partial charge in [0.15, 0.2) is 0 Å². The maximum Gasteiger partial charge on any atom is 0.256 e. The van der Waals surface area contributed by atoms with Crippen LogP contribution in [0.5, 0.6) is 0 Å². The van der Waals surface area contributed by atoms with Crippen molar-refractivity contribution < 1.29 is 9.53 Å². The molecule has 0 spiro atoms. The third-order valence-electron chi connectivity index (χ3n) is 6.00. The van der Waals surface area contributed by atoms with Gasteiger partial charge in [0.05, 0.1) is 37.3 Å². The highest BCUT2D eigenvalue weighted by atomic mass is 16.5. The Hall–Kier alpha value is -3.97. The maximum absolute atomic E-state index is 13.6. The van der Waals surface area contributed by atoms with E-state index in [0.29, 0.717) is 31.9 Å². The fourth-order valence-corrected chi connectivity index (χ4v) is 4.21. The topological polar surface area (TPSA) is 74.4 Å². The van der Waals surface area contributed by atoms with E-state index < -0.39 is 0 Å². The van der Waals surface area contributed by atoms with Crippen LogP contribution in [-0.4, -0.2) is 52.1 Å². The summed E-state index contributed by atoms with van der Waals surface area (Å²) in [6.07, 6.45) is 5.06. The number of amides is 1. The number of H-pyrrole nitrogens is 1. The van der Waals surface area contributed by atoms with Gasteiger partial charge in [0.25, 0.3) is 5.91 Å². The number of nitrogens with one attached hydrogen (secondary N) is 1. The zero-order valence-electron chi connectivity index (χ0n) is 18.9. The number of hydrogen-bond acceptors (Lipinski definition) is 5. The molecule has 1 fully saturated rings. The van der Waals surface area contributed by atoms with Gasteiger partial charge in [-0.25, -0.2) is 9.97 Å². The lowest BCUT2D eigenvalue weighted by Crippen LogP contribution is -2.36. The van der Waals surface area contributed by atoms with Crippen LogP contribution < -0.4 is 4.90 Å². The first-order valence-electron chi connectivity index (χ1n) is 11.5. The molecule has 1 aliphatic heterocycles. The third-order valence-corrected chi connectivity index (χ3v) is 6.00. The average molecular weight is 454 g/mol. The van der Waals surface area contributed by atoms with Gasteiger partial charge >= 0.3 is 0 Å². The number of benzene rings is 2. The summed E-state index contributed by atoms with van der Waals surface area (Å²) >= 11 is 0. The minimum atomic E-state index is -0.0708. The second-order valence-corrected chi connectivity index (χ2v) is 8.27. The van der Waals surface area contributed by atoms with E-state index in [9.17, 15) is 4.79 Å². The first-order chi connectivity index (χ1) is 16.8. The highest BCUT2D eigenvalue weighted by Crippen LogP contribution is 2.26. The van der Waals surface area contributed by atoms with Gasteiger partial charge in [-0.2, -0.15) is 0 Å². The number of hydrogen-bond donors (Lipinski definition) is 1. The molecule has 172 valence electrons. The Morgan fingerprint density at radius 1 is 0.941 bits per heavy atom. The number of imidazole rings is 1. The molecule has 1 N–H and O–H groups in total. The van der Waals surface area contributed by atoms with Crippen LogP contribution in [0.25, 0.3) is 11.1 Å². The first-order valence-corrected chi connectivity index (χ1v) is 11.5. The van der Waals surface area contributed by atoms with E-state index in [0.717, 1.165) is 41.3 Å². The molecule has 1 aliphatic rings. The third kappa shape index (κ3) is 5.00. The minimum Gasteiger partial charge on any atom is -0.378 e. The molecule has 0 atom stereocenters. The highest BCUT2D eigenvalue weighted by molar-refractivity contribution is 5.94. The average Bonchev–Trinajstić information content (AvgIpc) is 3.43. The minimum absolute atomic E-state index is 0.0708. The lowest BCUT2D eigenvalue weighted by molar-refractivity contribution is 0.0728. The van der Waals surface area contributed by atoms with E-state index in [1.807, 2.05) is 47.4 Å². The summed E-state index contributed by atoms with van der Waals surface area (Å²) in [7, 11) is 0. The normalized spacial score (nSPS) is 13.6. The number of ether oxygens (including phenoxy) is 1. The summed E-state index contributed by atoms with van der Waals surface area (Å²) in [5, 5.41) is 0. The highest BCUT2D eigenvalue weighted by Gasteiger charge is 2.20. The Balaban J connectivity index is 1.41. The number of nitrogens with zero attached hydrogens (tertiary/aromatic N) is 4. The molecule has 0 radical (unpaired) electrons. The van der Waals surface area contributed by atoms with Crippen LogP contribution in [0.2, 0.25) is 0 Å². The molecule has 7 heteroatoms. The Kier molecular flexibility index (Phi) is 6.63. The van der Waals surface area contributed by atoms with Crippen LogP contribution in [0.4, 0.5) is 5.82 Å². The van der Waals surface area contributed by atoms with Crippen LogP contribution in [0, 0.1) is 0 Å². The summed E-state index contributed by atoms with van der Waals surface area (Å²) in [5.74, 6) is 0.799. The molecule has 2 aromatic heterocycles. The van der Waals surface area contributed by atoms with Crippen molar-refractivity contribution in [2.24, 2.45) is 0 Å². The van der Waals surface area contributed by atoms with Crippen molar-refractivity contribution in [2.45, 2.75) is 13.1 Å². The fourth-order valence-electron chi connectivity index (χ4n) is 4.21. The zero-order valence-corrected chi connectivity index (χ0v) is 18.9. The van der Waals surface area contributed by atoms with Gasteiger partial charge < -0.3 is 19.5 Å². The van der Waals surface area contributed by atoms with Gasteiger partial charge in [-0.3, -0.25) is 4.79 Å². The van der Waals surface area contributed by atoms with E-state index in [-0.39, 0.29) is 5.91 Å². The van der Waals surface area contributed by atoms with Gasteiger partial charge in [0.1, 0.15) is 5.82 Å². The van der Waals surface area contributed by atoms with Crippen molar-refractivity contribution in [3.05, 3.63) is 102 Å². The van der Waals surface area contributed by atoms with Crippen LogP contribution in [0.1, 0.15) is 21.6 Å². The van der Waals surface area contributed by atoms with E-state index in [1.165, 1.54) is 0 Å². The molecule has 0 saturated carbocycles. The fraction of sp³-hybridized carbons (Fsp3) is 0.222.